The van der Waals surface area contributed by atoms with Crippen molar-refractivity contribution in [3.05, 3.63) is 69.9 Å². The largest absolute Gasteiger partial charge is 0.364 e. The van der Waals surface area contributed by atoms with Gasteiger partial charge in [0.1, 0.15) is 6.33 Å². The molecular formula is C24H35N15O4Pt. The second-order valence-electron chi connectivity index (χ2n) is 9.08. The van der Waals surface area contributed by atoms with E-state index < -0.39 is 17.5 Å². The van der Waals surface area contributed by atoms with Gasteiger partial charge in [-0.2, -0.15) is 4.68 Å². The van der Waals surface area contributed by atoms with E-state index in [1.165, 1.54) is 24.7 Å². The van der Waals surface area contributed by atoms with Crippen LogP contribution < -0.4 is 33.3 Å². The minimum Gasteiger partial charge on any atom is -0.364 e. The Bertz CT molecular complexity index is 1610. The maximum absolute atomic E-state index is 11.6. The molecule has 240 valence electrons. The predicted molar refractivity (Wildman–Crippen MR) is 155 cm³/mol. The van der Waals surface area contributed by atoms with Gasteiger partial charge in [-0.05, 0) is 38.6 Å². The second kappa shape index (κ2) is 17.9. The molecule has 0 saturated carbocycles. The van der Waals surface area contributed by atoms with Crippen molar-refractivity contribution in [2.24, 2.45) is 28.9 Å². The van der Waals surface area contributed by atoms with Crippen molar-refractivity contribution in [3.8, 4) is 0 Å². The molecule has 4 aromatic rings. The van der Waals surface area contributed by atoms with E-state index >= 15 is 0 Å². The van der Waals surface area contributed by atoms with E-state index in [2.05, 4.69) is 51.8 Å². The van der Waals surface area contributed by atoms with Crippen LogP contribution in [0.1, 0.15) is 50.7 Å². The van der Waals surface area contributed by atoms with E-state index in [1.807, 2.05) is 45.2 Å². The second-order valence-corrected chi connectivity index (χ2v) is 9.08. The summed E-state index contributed by atoms with van der Waals surface area (Å²) < 4.78 is 2.13. The summed E-state index contributed by atoms with van der Waals surface area (Å²) in [5.41, 5.74) is 17.4. The number of fused-ring (bicyclic) bond motifs is 1. The topological polar surface area (TPSA) is 261 Å². The fourth-order valence-electron chi connectivity index (χ4n) is 3.04. The number of rotatable bonds is 9. The van der Waals surface area contributed by atoms with Crippen molar-refractivity contribution in [3.63, 3.8) is 0 Å². The Hall–Kier alpha value is -4.87. The van der Waals surface area contributed by atoms with Crippen LogP contribution >= 0.6 is 0 Å². The number of benzene rings is 1. The maximum atomic E-state index is 11.6. The zero-order chi connectivity index (χ0) is 32.1. The van der Waals surface area contributed by atoms with Crippen molar-refractivity contribution in [1.29, 1.82) is 0 Å². The number of hydrogen-bond acceptors (Lipinski definition) is 12. The minimum atomic E-state index is -0.741. The van der Waals surface area contributed by atoms with Gasteiger partial charge in [-0.15, -0.1) is 10.2 Å². The number of primary amides is 2. The Labute approximate surface area is 266 Å². The average molecular weight is 793 g/mol. The number of nitrogens with two attached hydrogens (primary N) is 2. The fourth-order valence-corrected chi connectivity index (χ4v) is 3.04. The van der Waals surface area contributed by atoms with Gasteiger partial charge in [0.2, 0.25) is 0 Å². The number of nitrogens with one attached hydrogen (secondary N) is 4. The Morgan fingerprint density at radius 1 is 1.07 bits per heavy atom. The number of aryl methyl sites for hydroxylation is 1. The van der Waals surface area contributed by atoms with Gasteiger partial charge in [0.25, 0.3) is 17.7 Å². The molecule has 0 aliphatic heterocycles. The summed E-state index contributed by atoms with van der Waals surface area (Å²) in [7, 11) is 6.69. The van der Waals surface area contributed by atoms with Gasteiger partial charge in [-0.1, -0.05) is 22.6 Å². The van der Waals surface area contributed by atoms with Gasteiger partial charge in [0.05, 0.1) is 6.33 Å². The first-order valence-electron chi connectivity index (χ1n) is 12.6. The number of hydrazine groups is 1. The van der Waals surface area contributed by atoms with E-state index in [9.17, 15) is 19.2 Å². The first kappa shape index (κ1) is 37.2. The van der Waals surface area contributed by atoms with Crippen LogP contribution in [0.25, 0.3) is 5.65 Å². The van der Waals surface area contributed by atoms with E-state index in [4.69, 9.17) is 11.5 Å². The van der Waals surface area contributed by atoms with Gasteiger partial charge >= 0.3 is 5.69 Å². The van der Waals surface area contributed by atoms with E-state index in [1.54, 1.807) is 14.1 Å². The maximum Gasteiger partial charge on any atom is 0.352 e. The number of imidazole rings is 2. The molecule has 4 rings (SSSR count). The van der Waals surface area contributed by atoms with Gasteiger partial charge < -0.3 is 21.8 Å². The number of aromatic amines is 1. The van der Waals surface area contributed by atoms with Crippen molar-refractivity contribution >= 4 is 29.2 Å². The number of aromatic nitrogens is 7. The number of amides is 3. The minimum absolute atomic E-state index is 0. The summed E-state index contributed by atoms with van der Waals surface area (Å²) in [6.45, 7) is 4.63. The third-order valence-corrected chi connectivity index (χ3v) is 5.01. The van der Waals surface area contributed by atoms with Crippen molar-refractivity contribution in [1.82, 2.24) is 55.5 Å². The van der Waals surface area contributed by atoms with Crippen LogP contribution in [0.4, 0.5) is 5.82 Å². The molecule has 20 heteroatoms. The summed E-state index contributed by atoms with van der Waals surface area (Å²) in [5, 5.41) is 18.9. The van der Waals surface area contributed by atoms with Crippen LogP contribution in [-0.2, 0) is 34.7 Å². The normalized spacial score (nSPS) is 10.3. The molecule has 0 aliphatic carbocycles. The molecule has 44 heavy (non-hydrogen) atoms. The SMILES string of the molecule is CN(C)/N=N/c1[nH]cnc1C(N)=O.CNNCc1ccc(C(=O)NC(C)C)cc1.Cn1nnc2c(C(N)=O)ncn2c1=O.[Pt]. The zero-order valence-corrected chi connectivity index (χ0v) is 27.1. The first-order chi connectivity index (χ1) is 20.3. The molecule has 19 nitrogen and oxygen atoms in total. The quantitative estimate of drug-likeness (QED) is 0.0888. The Balaban J connectivity index is 0.000000328. The van der Waals surface area contributed by atoms with Gasteiger partial charge in [0.15, 0.2) is 22.9 Å². The molecule has 3 heterocycles. The molecule has 0 radical (unpaired) electrons. The Morgan fingerprint density at radius 3 is 2.25 bits per heavy atom. The van der Waals surface area contributed by atoms with Crippen LogP contribution in [0.5, 0.6) is 0 Å². The van der Waals surface area contributed by atoms with Crippen LogP contribution in [0.2, 0.25) is 0 Å². The molecule has 3 aromatic heterocycles. The van der Waals surface area contributed by atoms with Crippen molar-refractivity contribution in [2.75, 3.05) is 21.1 Å². The summed E-state index contributed by atoms with van der Waals surface area (Å²) in [4.78, 5) is 54.6. The third kappa shape index (κ3) is 11.1. The number of H-pyrrole nitrogens is 1. The van der Waals surface area contributed by atoms with Gasteiger partial charge in [-0.3, -0.25) is 30.2 Å². The number of carbonyl (C=O) groups is 3. The summed E-state index contributed by atoms with van der Waals surface area (Å²) >= 11 is 0. The van der Waals surface area contributed by atoms with Crippen LogP contribution in [0, 0.1) is 0 Å². The smallest absolute Gasteiger partial charge is 0.352 e. The molecule has 0 aliphatic rings. The van der Waals surface area contributed by atoms with Crippen LogP contribution in [0.15, 0.2) is 52.1 Å². The van der Waals surface area contributed by atoms with Crippen molar-refractivity contribution in [2.45, 2.75) is 26.4 Å². The van der Waals surface area contributed by atoms with Gasteiger partial charge in [-0.25, -0.2) is 19.2 Å². The molecule has 0 spiro atoms. The van der Waals surface area contributed by atoms with Crippen LogP contribution in [0.3, 0.4) is 0 Å². The third-order valence-electron chi connectivity index (χ3n) is 5.01. The summed E-state index contributed by atoms with van der Waals surface area (Å²) in [5.74, 6) is -1.13. The molecule has 0 bridgehead atoms. The van der Waals surface area contributed by atoms with E-state index in [0.717, 1.165) is 21.2 Å². The molecule has 0 atom stereocenters. The Morgan fingerprint density at radius 2 is 1.70 bits per heavy atom. The van der Waals surface area contributed by atoms with E-state index in [0.29, 0.717) is 5.56 Å². The number of hydrogen-bond donors (Lipinski definition) is 6. The summed E-state index contributed by atoms with van der Waals surface area (Å²) in [6, 6.07) is 7.73. The number of nitrogens with zero attached hydrogens (tertiary/aromatic N) is 9. The van der Waals surface area contributed by atoms with Gasteiger partial charge in [0, 0.05) is 60.4 Å². The predicted octanol–water partition coefficient (Wildman–Crippen LogP) is -0.963. The van der Waals surface area contributed by atoms with E-state index in [-0.39, 0.29) is 55.9 Å². The molecule has 0 saturated heterocycles. The zero-order valence-electron chi connectivity index (χ0n) is 24.9. The van der Waals surface area contributed by atoms with Crippen LogP contribution in [-0.4, -0.2) is 84.3 Å². The monoisotopic (exact) mass is 792 g/mol. The molecule has 1 aromatic carbocycles. The molecule has 0 fully saturated rings. The average Bonchev–Trinajstić information content (AvgIpc) is 3.61. The molecule has 8 N–H and O–H groups in total. The molecule has 0 unspecified atom stereocenters. The fraction of sp³-hybridized carbons (Fsp3) is 0.333. The molecular weight excluding hydrogens is 757 g/mol. The number of carbonyl (C=O) groups excluding carboxylic acids is 3. The standard InChI is InChI=1S/C12H19N3O.C6H6N6O2.C6H10N6O.Pt/c1-9(2)15-12(16)11-6-4-10(5-7-11)8-14-13-3;1-11-6(14)12-2-8-3(4(7)13)5(12)9-10-11;1-12(2)11-10-6-4(5(7)13)8-3-9-6;/h4-7,9,13-14H,8H2,1-3H3,(H,15,16);2H,1H3,(H2,7,13);3H,1-2H3,(H2,7,13)(H,8,9);/b;;11-10+;. The Kier molecular flexibility index (Phi) is 15.1. The molecule has 3 amide bonds. The van der Waals surface area contributed by atoms with Crippen molar-refractivity contribution < 1.29 is 35.4 Å². The first-order valence-corrected chi connectivity index (χ1v) is 12.6. The summed E-state index contributed by atoms with van der Waals surface area (Å²) in [6.07, 6.45) is 2.52.